The van der Waals surface area contributed by atoms with E-state index in [4.69, 9.17) is 13.9 Å². The van der Waals surface area contributed by atoms with Crippen molar-refractivity contribution in [3.8, 4) is 11.5 Å². The van der Waals surface area contributed by atoms with Crippen LogP contribution in [-0.4, -0.2) is 22.5 Å². The Morgan fingerprint density at radius 2 is 2.00 bits per heavy atom. The third kappa shape index (κ3) is 5.68. The Morgan fingerprint density at radius 3 is 2.74 bits per heavy atom. The van der Waals surface area contributed by atoms with Crippen LogP contribution in [0.2, 0.25) is 0 Å². The standard InChI is InChI=1S/C19H16N2O5S/c1-13-4-2-5-14(8-13)25-11-18(23)26-17-10-24-15(9-16(17)22)12-27-19-20-6-3-7-21-19/h2-10H,11-12H2,1H3. The third-order valence-corrected chi connectivity index (χ3v) is 4.21. The monoisotopic (exact) mass is 384 g/mol. The maximum atomic E-state index is 12.1. The van der Waals surface area contributed by atoms with Crippen molar-refractivity contribution in [3.05, 3.63) is 76.6 Å². The molecule has 0 aliphatic carbocycles. The van der Waals surface area contributed by atoms with Crippen LogP contribution in [0.4, 0.5) is 0 Å². The van der Waals surface area contributed by atoms with Crippen LogP contribution < -0.4 is 14.9 Å². The molecule has 1 aromatic carbocycles. The van der Waals surface area contributed by atoms with E-state index in [1.807, 2.05) is 19.1 Å². The van der Waals surface area contributed by atoms with Gasteiger partial charge in [0.15, 0.2) is 11.8 Å². The van der Waals surface area contributed by atoms with E-state index in [9.17, 15) is 9.59 Å². The van der Waals surface area contributed by atoms with Crippen molar-refractivity contribution in [2.24, 2.45) is 0 Å². The molecular weight excluding hydrogens is 368 g/mol. The van der Waals surface area contributed by atoms with Gasteiger partial charge in [-0.25, -0.2) is 14.8 Å². The highest BCUT2D eigenvalue weighted by molar-refractivity contribution is 7.98. The van der Waals surface area contributed by atoms with Gasteiger partial charge in [-0.05, 0) is 30.7 Å². The second-order valence-electron chi connectivity index (χ2n) is 5.47. The van der Waals surface area contributed by atoms with Crippen molar-refractivity contribution in [2.45, 2.75) is 17.8 Å². The molecule has 7 nitrogen and oxygen atoms in total. The minimum absolute atomic E-state index is 0.183. The molecule has 0 aliphatic heterocycles. The zero-order chi connectivity index (χ0) is 19.1. The second-order valence-corrected chi connectivity index (χ2v) is 6.42. The fourth-order valence-electron chi connectivity index (χ4n) is 2.08. The van der Waals surface area contributed by atoms with Crippen LogP contribution in [0.15, 0.2) is 69.4 Å². The average molecular weight is 384 g/mol. The molecule has 0 atom stereocenters. The molecule has 2 heterocycles. The molecule has 3 rings (SSSR count). The predicted octanol–water partition coefficient (Wildman–Crippen LogP) is 3.01. The van der Waals surface area contributed by atoms with E-state index >= 15 is 0 Å². The lowest BCUT2D eigenvalue weighted by atomic mass is 10.2. The van der Waals surface area contributed by atoms with Gasteiger partial charge < -0.3 is 13.9 Å². The molecule has 27 heavy (non-hydrogen) atoms. The molecule has 0 bridgehead atoms. The number of thioether (sulfide) groups is 1. The molecule has 0 unspecified atom stereocenters. The van der Waals surface area contributed by atoms with Crippen LogP contribution in [0, 0.1) is 6.92 Å². The van der Waals surface area contributed by atoms with Crippen LogP contribution in [0.25, 0.3) is 0 Å². The number of aryl methyl sites for hydroxylation is 1. The van der Waals surface area contributed by atoms with Crippen LogP contribution in [-0.2, 0) is 10.5 Å². The topological polar surface area (TPSA) is 91.5 Å². The molecule has 8 heteroatoms. The summed E-state index contributed by atoms with van der Waals surface area (Å²) in [7, 11) is 0. The number of aromatic nitrogens is 2. The number of hydrogen-bond donors (Lipinski definition) is 0. The van der Waals surface area contributed by atoms with Crippen molar-refractivity contribution >= 4 is 17.7 Å². The quantitative estimate of drug-likeness (QED) is 0.349. The predicted molar refractivity (Wildman–Crippen MR) is 98.9 cm³/mol. The summed E-state index contributed by atoms with van der Waals surface area (Å²) >= 11 is 1.33. The van der Waals surface area contributed by atoms with E-state index in [0.29, 0.717) is 22.4 Å². The largest absolute Gasteiger partial charge is 0.482 e. The van der Waals surface area contributed by atoms with E-state index < -0.39 is 11.4 Å². The van der Waals surface area contributed by atoms with E-state index in [1.165, 1.54) is 17.8 Å². The van der Waals surface area contributed by atoms with Gasteiger partial charge in [0.2, 0.25) is 11.2 Å². The molecule has 3 aromatic rings. The summed E-state index contributed by atoms with van der Waals surface area (Å²) in [4.78, 5) is 32.1. The van der Waals surface area contributed by atoms with Gasteiger partial charge in [0, 0.05) is 18.5 Å². The summed E-state index contributed by atoms with van der Waals surface area (Å²) in [5.74, 6) is 0.480. The molecule has 0 spiro atoms. The van der Waals surface area contributed by atoms with Crippen LogP contribution in [0.1, 0.15) is 11.3 Å². The second kappa shape index (κ2) is 9.00. The maximum Gasteiger partial charge on any atom is 0.349 e. The molecule has 0 aliphatic rings. The van der Waals surface area contributed by atoms with Crippen molar-refractivity contribution in [3.63, 3.8) is 0 Å². The van der Waals surface area contributed by atoms with Crippen molar-refractivity contribution in [1.29, 1.82) is 0 Å². The highest BCUT2D eigenvalue weighted by atomic mass is 32.2. The molecule has 0 amide bonds. The Balaban J connectivity index is 1.54. The minimum atomic E-state index is -0.691. The molecule has 2 aromatic heterocycles. The highest BCUT2D eigenvalue weighted by Gasteiger charge is 2.12. The van der Waals surface area contributed by atoms with Crippen molar-refractivity contribution in [2.75, 3.05) is 6.61 Å². The summed E-state index contributed by atoms with van der Waals surface area (Å²) in [6.07, 6.45) is 4.38. The van der Waals surface area contributed by atoms with Crippen LogP contribution in [0.3, 0.4) is 0 Å². The Kier molecular flexibility index (Phi) is 6.22. The highest BCUT2D eigenvalue weighted by Crippen LogP contribution is 2.18. The molecule has 0 saturated carbocycles. The Labute approximate surface area is 159 Å². The smallest absolute Gasteiger partial charge is 0.349 e. The Morgan fingerprint density at radius 1 is 1.19 bits per heavy atom. The summed E-state index contributed by atoms with van der Waals surface area (Å²) in [6, 6.07) is 10.3. The lowest BCUT2D eigenvalue weighted by Gasteiger charge is -2.07. The van der Waals surface area contributed by atoms with E-state index in [2.05, 4.69) is 9.97 Å². The summed E-state index contributed by atoms with van der Waals surface area (Å²) in [5, 5.41) is 0.573. The van der Waals surface area contributed by atoms with E-state index in [0.717, 1.165) is 11.8 Å². The van der Waals surface area contributed by atoms with E-state index in [-0.39, 0.29) is 12.4 Å². The summed E-state index contributed by atoms with van der Waals surface area (Å²) in [6.45, 7) is 1.60. The fourth-order valence-corrected chi connectivity index (χ4v) is 2.78. The van der Waals surface area contributed by atoms with E-state index in [1.54, 1.807) is 30.6 Å². The lowest BCUT2D eigenvalue weighted by Crippen LogP contribution is -2.20. The summed E-state index contributed by atoms with van der Waals surface area (Å²) < 4.78 is 15.7. The lowest BCUT2D eigenvalue weighted by molar-refractivity contribution is -0.136. The number of rotatable bonds is 7. The fraction of sp³-hybridized carbons (Fsp3) is 0.158. The zero-order valence-corrected chi connectivity index (χ0v) is 15.3. The Bertz CT molecular complexity index is 975. The van der Waals surface area contributed by atoms with Gasteiger partial charge >= 0.3 is 5.97 Å². The van der Waals surface area contributed by atoms with Gasteiger partial charge in [-0.15, -0.1) is 0 Å². The number of benzene rings is 1. The van der Waals surface area contributed by atoms with Gasteiger partial charge in [-0.1, -0.05) is 23.9 Å². The Hall–Kier alpha value is -3.13. The first kappa shape index (κ1) is 18.7. The molecule has 0 N–H and O–H groups in total. The molecule has 0 fully saturated rings. The minimum Gasteiger partial charge on any atom is -0.482 e. The van der Waals surface area contributed by atoms with Gasteiger partial charge in [-0.2, -0.15) is 0 Å². The molecular formula is C19H16N2O5S. The zero-order valence-electron chi connectivity index (χ0n) is 14.5. The normalized spacial score (nSPS) is 10.4. The van der Waals surface area contributed by atoms with Gasteiger partial charge in [0.05, 0.1) is 5.75 Å². The number of carbonyl (C=O) groups is 1. The number of esters is 1. The van der Waals surface area contributed by atoms with Crippen molar-refractivity contribution < 1.29 is 18.7 Å². The third-order valence-electron chi connectivity index (χ3n) is 3.31. The first-order chi connectivity index (χ1) is 13.1. The number of hydrogen-bond acceptors (Lipinski definition) is 8. The van der Waals surface area contributed by atoms with Crippen LogP contribution in [0.5, 0.6) is 11.5 Å². The molecule has 0 radical (unpaired) electrons. The molecule has 138 valence electrons. The molecule has 0 saturated heterocycles. The first-order valence-corrected chi connectivity index (χ1v) is 9.00. The SMILES string of the molecule is Cc1cccc(OCC(=O)Oc2coc(CSc3ncccn3)cc2=O)c1. The van der Waals surface area contributed by atoms with Gasteiger partial charge in [0.25, 0.3) is 0 Å². The maximum absolute atomic E-state index is 12.1. The summed E-state index contributed by atoms with van der Waals surface area (Å²) in [5.41, 5.74) is 0.561. The number of ether oxygens (including phenoxy) is 2. The number of carbonyl (C=O) groups excluding carboxylic acids is 1. The van der Waals surface area contributed by atoms with Gasteiger partial charge in [0.1, 0.15) is 17.8 Å². The van der Waals surface area contributed by atoms with Crippen molar-refractivity contribution in [1.82, 2.24) is 9.97 Å². The number of nitrogens with zero attached hydrogens (tertiary/aromatic N) is 2. The average Bonchev–Trinajstić information content (AvgIpc) is 2.67. The first-order valence-electron chi connectivity index (χ1n) is 8.02. The van der Waals surface area contributed by atoms with Gasteiger partial charge in [-0.3, -0.25) is 4.79 Å². The van der Waals surface area contributed by atoms with Crippen LogP contribution >= 0.6 is 11.8 Å².